The van der Waals surface area contributed by atoms with Crippen molar-refractivity contribution in [3.8, 4) is 0 Å². The number of primary sulfonamides is 1. The topological polar surface area (TPSA) is 119 Å². The van der Waals surface area contributed by atoms with Crippen molar-refractivity contribution < 1.29 is 13.2 Å². The normalized spacial score (nSPS) is 11.3. The maximum Gasteiger partial charge on any atom is 0.320 e. The number of amides is 2. The summed E-state index contributed by atoms with van der Waals surface area (Å²) in [6, 6.07) is 7.72. The van der Waals surface area contributed by atoms with Gasteiger partial charge >= 0.3 is 6.03 Å². The second kappa shape index (κ2) is 8.63. The highest BCUT2D eigenvalue weighted by Gasteiger charge is 2.08. The molecule has 0 spiro atoms. The third-order valence-electron chi connectivity index (χ3n) is 3.63. The average Bonchev–Trinajstić information content (AvgIpc) is 2.99. The first-order chi connectivity index (χ1) is 11.9. The van der Waals surface area contributed by atoms with Crippen LogP contribution in [0.4, 0.5) is 10.6 Å². The standard InChI is InChI=1S/C16H23N5O3S/c1-2-3-12-21-15(9-11-19-21)20-16(22)18-10-8-13-4-6-14(7-5-13)25(17,23)24/h4-7,9,11H,2-3,8,10,12H2,1H3,(H2,17,23,24)(H2,18,20,22). The Morgan fingerprint density at radius 3 is 2.60 bits per heavy atom. The molecule has 0 aliphatic carbocycles. The number of aryl methyl sites for hydroxylation is 1. The van der Waals surface area contributed by atoms with Crippen LogP contribution in [0.1, 0.15) is 25.3 Å². The summed E-state index contributed by atoms with van der Waals surface area (Å²) < 4.78 is 24.2. The number of hydrogen-bond acceptors (Lipinski definition) is 4. The fourth-order valence-corrected chi connectivity index (χ4v) is 2.77. The van der Waals surface area contributed by atoms with Gasteiger partial charge in [0, 0.05) is 19.2 Å². The number of anilines is 1. The maximum atomic E-state index is 12.0. The molecule has 0 unspecified atom stereocenters. The number of unbranched alkanes of at least 4 members (excludes halogenated alkanes) is 1. The van der Waals surface area contributed by atoms with E-state index in [4.69, 9.17) is 5.14 Å². The summed E-state index contributed by atoms with van der Waals surface area (Å²) in [7, 11) is -3.68. The summed E-state index contributed by atoms with van der Waals surface area (Å²) >= 11 is 0. The van der Waals surface area contributed by atoms with E-state index in [9.17, 15) is 13.2 Å². The third-order valence-corrected chi connectivity index (χ3v) is 4.56. The van der Waals surface area contributed by atoms with Crippen LogP contribution in [0.2, 0.25) is 0 Å². The first kappa shape index (κ1) is 18.9. The Morgan fingerprint density at radius 1 is 1.24 bits per heavy atom. The number of sulfonamides is 1. The van der Waals surface area contributed by atoms with Crippen LogP contribution in [-0.4, -0.2) is 30.8 Å². The van der Waals surface area contributed by atoms with Gasteiger partial charge in [0.15, 0.2) is 0 Å². The van der Waals surface area contributed by atoms with Gasteiger partial charge in [-0.25, -0.2) is 23.0 Å². The van der Waals surface area contributed by atoms with Gasteiger partial charge in [-0.15, -0.1) is 0 Å². The second-order valence-corrected chi connectivity index (χ2v) is 7.17. The van der Waals surface area contributed by atoms with Crippen LogP contribution >= 0.6 is 0 Å². The molecule has 2 aromatic rings. The molecular formula is C16H23N5O3S. The molecule has 0 saturated heterocycles. The van der Waals surface area contributed by atoms with E-state index in [2.05, 4.69) is 22.7 Å². The molecule has 0 fully saturated rings. The molecule has 2 amide bonds. The third kappa shape index (κ3) is 5.87. The zero-order chi connectivity index (χ0) is 18.3. The lowest BCUT2D eigenvalue weighted by Crippen LogP contribution is -2.31. The Morgan fingerprint density at radius 2 is 1.96 bits per heavy atom. The van der Waals surface area contributed by atoms with Crippen molar-refractivity contribution in [1.82, 2.24) is 15.1 Å². The molecule has 4 N–H and O–H groups in total. The Bertz CT molecular complexity index is 799. The minimum Gasteiger partial charge on any atom is -0.337 e. The number of hydrogen-bond donors (Lipinski definition) is 3. The van der Waals surface area contributed by atoms with E-state index >= 15 is 0 Å². The highest BCUT2D eigenvalue weighted by atomic mass is 32.2. The van der Waals surface area contributed by atoms with Crippen LogP contribution in [-0.2, 0) is 23.0 Å². The lowest BCUT2D eigenvalue weighted by molar-refractivity contribution is 0.252. The van der Waals surface area contributed by atoms with Gasteiger partial charge in [0.05, 0.1) is 11.1 Å². The highest BCUT2D eigenvalue weighted by Crippen LogP contribution is 2.09. The highest BCUT2D eigenvalue weighted by molar-refractivity contribution is 7.89. The first-order valence-corrected chi connectivity index (χ1v) is 9.63. The Balaban J connectivity index is 1.80. The summed E-state index contributed by atoms with van der Waals surface area (Å²) in [5.74, 6) is 0.656. The van der Waals surface area contributed by atoms with Crippen molar-refractivity contribution in [3.05, 3.63) is 42.1 Å². The number of aromatic nitrogens is 2. The van der Waals surface area contributed by atoms with Crippen molar-refractivity contribution in [2.45, 2.75) is 37.6 Å². The molecule has 25 heavy (non-hydrogen) atoms. The van der Waals surface area contributed by atoms with Gasteiger partial charge in [-0.1, -0.05) is 25.5 Å². The number of rotatable bonds is 8. The number of urea groups is 1. The van der Waals surface area contributed by atoms with Gasteiger partial charge < -0.3 is 5.32 Å². The van der Waals surface area contributed by atoms with Gasteiger partial charge in [0.2, 0.25) is 10.0 Å². The summed E-state index contributed by atoms with van der Waals surface area (Å²) in [6.45, 7) is 3.28. The zero-order valence-electron chi connectivity index (χ0n) is 14.1. The van der Waals surface area contributed by atoms with Crippen LogP contribution in [0.5, 0.6) is 0 Å². The number of nitrogens with two attached hydrogens (primary N) is 1. The van der Waals surface area contributed by atoms with E-state index in [0.29, 0.717) is 18.8 Å². The number of nitrogens with one attached hydrogen (secondary N) is 2. The Hall–Kier alpha value is -2.39. The predicted octanol–water partition coefficient (Wildman–Crippen LogP) is 1.69. The van der Waals surface area contributed by atoms with Gasteiger partial charge in [-0.05, 0) is 30.5 Å². The molecular weight excluding hydrogens is 342 g/mol. The van der Waals surface area contributed by atoms with Gasteiger partial charge in [0.1, 0.15) is 5.82 Å². The summed E-state index contributed by atoms with van der Waals surface area (Å²) in [5, 5.41) is 14.8. The molecule has 1 heterocycles. The molecule has 136 valence electrons. The minimum atomic E-state index is -3.68. The lowest BCUT2D eigenvalue weighted by atomic mass is 10.1. The minimum absolute atomic E-state index is 0.0716. The van der Waals surface area contributed by atoms with E-state index < -0.39 is 10.0 Å². The largest absolute Gasteiger partial charge is 0.337 e. The molecule has 2 rings (SSSR count). The van der Waals surface area contributed by atoms with Crippen molar-refractivity contribution in [2.24, 2.45) is 5.14 Å². The second-order valence-electron chi connectivity index (χ2n) is 5.61. The van der Waals surface area contributed by atoms with E-state index in [-0.39, 0.29) is 10.9 Å². The molecule has 0 aliphatic heterocycles. The quantitative estimate of drug-likeness (QED) is 0.659. The van der Waals surface area contributed by atoms with E-state index in [1.165, 1.54) is 12.1 Å². The number of benzene rings is 1. The summed E-state index contributed by atoms with van der Waals surface area (Å²) in [4.78, 5) is 12.0. The van der Waals surface area contributed by atoms with Crippen LogP contribution in [0.3, 0.4) is 0 Å². The molecule has 1 aromatic heterocycles. The molecule has 1 aromatic carbocycles. The SMILES string of the molecule is CCCCn1nccc1NC(=O)NCCc1ccc(S(N)(=O)=O)cc1. The fourth-order valence-electron chi connectivity index (χ4n) is 2.25. The van der Waals surface area contributed by atoms with E-state index in [1.54, 1.807) is 29.1 Å². The fraction of sp³-hybridized carbons (Fsp3) is 0.375. The van der Waals surface area contributed by atoms with Gasteiger partial charge in [-0.2, -0.15) is 5.10 Å². The van der Waals surface area contributed by atoms with Crippen molar-refractivity contribution >= 4 is 21.9 Å². The predicted molar refractivity (Wildman–Crippen MR) is 95.7 cm³/mol. The summed E-state index contributed by atoms with van der Waals surface area (Å²) in [6.07, 6.45) is 4.27. The Kier molecular flexibility index (Phi) is 6.54. The molecule has 0 bridgehead atoms. The Labute approximate surface area is 147 Å². The molecule has 0 atom stereocenters. The van der Waals surface area contributed by atoms with Crippen LogP contribution < -0.4 is 15.8 Å². The monoisotopic (exact) mass is 365 g/mol. The van der Waals surface area contributed by atoms with Crippen molar-refractivity contribution in [3.63, 3.8) is 0 Å². The number of carbonyl (C=O) groups excluding carboxylic acids is 1. The van der Waals surface area contributed by atoms with Crippen molar-refractivity contribution in [1.29, 1.82) is 0 Å². The number of nitrogens with zero attached hydrogens (tertiary/aromatic N) is 2. The lowest BCUT2D eigenvalue weighted by Gasteiger charge is -2.10. The molecule has 0 saturated carbocycles. The van der Waals surface area contributed by atoms with Gasteiger partial charge in [-0.3, -0.25) is 5.32 Å². The average molecular weight is 365 g/mol. The first-order valence-electron chi connectivity index (χ1n) is 8.08. The van der Waals surface area contributed by atoms with E-state index in [0.717, 1.165) is 24.9 Å². The maximum absolute atomic E-state index is 12.0. The molecule has 0 aliphatic rings. The number of carbonyl (C=O) groups is 1. The van der Waals surface area contributed by atoms with Crippen LogP contribution in [0.25, 0.3) is 0 Å². The van der Waals surface area contributed by atoms with Crippen LogP contribution in [0.15, 0.2) is 41.4 Å². The molecule has 9 heteroatoms. The van der Waals surface area contributed by atoms with Crippen molar-refractivity contribution in [2.75, 3.05) is 11.9 Å². The smallest absolute Gasteiger partial charge is 0.320 e. The van der Waals surface area contributed by atoms with Gasteiger partial charge in [0.25, 0.3) is 0 Å². The summed E-state index contributed by atoms with van der Waals surface area (Å²) in [5.41, 5.74) is 0.903. The van der Waals surface area contributed by atoms with E-state index in [1.807, 2.05) is 0 Å². The molecule has 8 nitrogen and oxygen atoms in total. The van der Waals surface area contributed by atoms with Crippen LogP contribution in [0, 0.1) is 0 Å². The zero-order valence-corrected chi connectivity index (χ0v) is 14.9. The molecule has 0 radical (unpaired) electrons.